The molecule has 0 saturated carbocycles. The van der Waals surface area contributed by atoms with Gasteiger partial charge < -0.3 is 19.8 Å². The smallest absolute Gasteiger partial charge is 0.403 e. The standard InChI is InChI=1S/C11H13F3N6O2/c12-11(13,14)6-20-5-7(9-16-17-10(15)22-9)8(18-20)19-1-3-21-4-2-19/h5H,1-4,6H2,(H2,15,17). The molecule has 2 N–H and O–H groups in total. The molecule has 2 aromatic heterocycles. The third-order valence-corrected chi connectivity index (χ3v) is 3.07. The van der Waals surface area contributed by atoms with Crippen LogP contribution in [0.25, 0.3) is 11.5 Å². The number of nitrogens with zero attached hydrogens (tertiary/aromatic N) is 5. The minimum atomic E-state index is -4.38. The van der Waals surface area contributed by atoms with Gasteiger partial charge in [-0.1, -0.05) is 5.10 Å². The molecule has 11 heteroatoms. The molecule has 0 spiro atoms. The van der Waals surface area contributed by atoms with E-state index in [0.717, 1.165) is 4.68 Å². The average Bonchev–Trinajstić information content (AvgIpc) is 3.04. The van der Waals surface area contributed by atoms with Crippen molar-refractivity contribution in [2.24, 2.45) is 0 Å². The summed E-state index contributed by atoms with van der Waals surface area (Å²) in [5, 5.41) is 11.2. The van der Waals surface area contributed by atoms with E-state index in [0.29, 0.717) is 37.7 Å². The molecule has 0 unspecified atom stereocenters. The van der Waals surface area contributed by atoms with E-state index in [1.807, 2.05) is 4.90 Å². The second-order valence-corrected chi connectivity index (χ2v) is 4.72. The fourth-order valence-corrected chi connectivity index (χ4v) is 2.18. The van der Waals surface area contributed by atoms with Crippen LogP contribution in [0.15, 0.2) is 10.6 Å². The molecule has 2 aromatic rings. The van der Waals surface area contributed by atoms with Gasteiger partial charge in [0.15, 0.2) is 5.82 Å². The number of hydrogen-bond acceptors (Lipinski definition) is 7. The van der Waals surface area contributed by atoms with E-state index in [-0.39, 0.29) is 11.9 Å². The lowest BCUT2D eigenvalue weighted by Crippen LogP contribution is -2.37. The highest BCUT2D eigenvalue weighted by molar-refractivity contribution is 5.69. The summed E-state index contributed by atoms with van der Waals surface area (Å²) in [6, 6.07) is -0.161. The van der Waals surface area contributed by atoms with Gasteiger partial charge in [-0.05, 0) is 0 Å². The summed E-state index contributed by atoms with van der Waals surface area (Å²) in [5.41, 5.74) is 5.69. The Labute approximate surface area is 122 Å². The van der Waals surface area contributed by atoms with Crippen LogP contribution in [0.3, 0.4) is 0 Å². The Hall–Kier alpha value is -2.30. The fourth-order valence-electron chi connectivity index (χ4n) is 2.18. The van der Waals surface area contributed by atoms with Crippen molar-refractivity contribution in [1.82, 2.24) is 20.0 Å². The van der Waals surface area contributed by atoms with Gasteiger partial charge in [0.1, 0.15) is 12.1 Å². The second kappa shape index (κ2) is 5.48. The maximum atomic E-state index is 12.6. The lowest BCUT2D eigenvalue weighted by Gasteiger charge is -2.27. The van der Waals surface area contributed by atoms with Gasteiger partial charge >= 0.3 is 12.2 Å². The molecule has 22 heavy (non-hydrogen) atoms. The van der Waals surface area contributed by atoms with E-state index >= 15 is 0 Å². The second-order valence-electron chi connectivity index (χ2n) is 4.72. The van der Waals surface area contributed by atoms with Crippen molar-refractivity contribution in [3.05, 3.63) is 6.20 Å². The van der Waals surface area contributed by atoms with Gasteiger partial charge in [0.05, 0.1) is 13.2 Å². The summed E-state index contributed by atoms with van der Waals surface area (Å²) >= 11 is 0. The number of nitrogen functional groups attached to an aromatic ring is 1. The number of hydrogen-bond donors (Lipinski definition) is 1. The minimum Gasteiger partial charge on any atom is -0.403 e. The first kappa shape index (κ1) is 14.6. The van der Waals surface area contributed by atoms with E-state index in [2.05, 4.69) is 15.3 Å². The number of morpholine rings is 1. The van der Waals surface area contributed by atoms with Gasteiger partial charge in [0.25, 0.3) is 5.89 Å². The molecule has 0 amide bonds. The van der Waals surface area contributed by atoms with Crippen molar-refractivity contribution in [3.8, 4) is 11.5 Å². The zero-order valence-electron chi connectivity index (χ0n) is 11.4. The van der Waals surface area contributed by atoms with E-state index in [4.69, 9.17) is 14.9 Å². The zero-order chi connectivity index (χ0) is 15.7. The molecule has 0 bridgehead atoms. The van der Waals surface area contributed by atoms with Crippen LogP contribution in [-0.4, -0.2) is 52.5 Å². The Morgan fingerprint density at radius 3 is 2.55 bits per heavy atom. The molecular formula is C11H13F3N6O2. The number of aromatic nitrogens is 4. The van der Waals surface area contributed by atoms with E-state index < -0.39 is 12.7 Å². The van der Waals surface area contributed by atoms with Gasteiger partial charge in [0, 0.05) is 19.3 Å². The topological polar surface area (TPSA) is 95.2 Å². The number of nitrogens with two attached hydrogens (primary N) is 1. The fraction of sp³-hybridized carbons (Fsp3) is 0.545. The van der Waals surface area contributed by atoms with Gasteiger partial charge in [-0.3, -0.25) is 4.68 Å². The van der Waals surface area contributed by atoms with Crippen molar-refractivity contribution in [3.63, 3.8) is 0 Å². The summed E-state index contributed by atoms with van der Waals surface area (Å²) in [7, 11) is 0. The number of anilines is 2. The van der Waals surface area contributed by atoms with Crippen LogP contribution in [0, 0.1) is 0 Å². The summed E-state index contributed by atoms with van der Waals surface area (Å²) in [4.78, 5) is 1.81. The Bertz CT molecular complexity index is 647. The lowest BCUT2D eigenvalue weighted by atomic mass is 10.3. The number of alkyl halides is 3. The average molecular weight is 318 g/mol. The van der Waals surface area contributed by atoms with Crippen molar-refractivity contribution >= 4 is 11.8 Å². The van der Waals surface area contributed by atoms with Crippen LogP contribution >= 0.6 is 0 Å². The number of halogens is 3. The Kier molecular flexibility index (Phi) is 3.64. The molecule has 1 saturated heterocycles. The normalized spacial score (nSPS) is 16.2. The predicted octanol–water partition coefficient (Wildman–Crippen LogP) is 0.914. The third kappa shape index (κ3) is 3.13. The minimum absolute atomic E-state index is 0.0346. The molecule has 1 aliphatic heterocycles. The van der Waals surface area contributed by atoms with Crippen LogP contribution < -0.4 is 10.6 Å². The van der Waals surface area contributed by atoms with Gasteiger partial charge in [-0.15, -0.1) is 5.10 Å². The molecular weight excluding hydrogens is 305 g/mol. The van der Waals surface area contributed by atoms with E-state index in [1.165, 1.54) is 6.20 Å². The molecule has 3 rings (SSSR count). The third-order valence-electron chi connectivity index (χ3n) is 3.07. The molecule has 0 aromatic carbocycles. The molecule has 3 heterocycles. The van der Waals surface area contributed by atoms with Crippen LogP contribution in [0.1, 0.15) is 0 Å². The Morgan fingerprint density at radius 2 is 1.95 bits per heavy atom. The quantitative estimate of drug-likeness (QED) is 0.899. The predicted molar refractivity (Wildman–Crippen MR) is 69.0 cm³/mol. The first-order valence-electron chi connectivity index (χ1n) is 6.48. The van der Waals surface area contributed by atoms with Crippen LogP contribution in [0.2, 0.25) is 0 Å². The highest BCUT2D eigenvalue weighted by Crippen LogP contribution is 2.31. The molecule has 120 valence electrons. The zero-order valence-corrected chi connectivity index (χ0v) is 11.4. The maximum Gasteiger partial charge on any atom is 0.408 e. The van der Waals surface area contributed by atoms with Crippen LogP contribution in [0.4, 0.5) is 25.0 Å². The molecule has 0 radical (unpaired) electrons. The first-order valence-corrected chi connectivity index (χ1v) is 6.48. The van der Waals surface area contributed by atoms with Crippen LogP contribution in [0.5, 0.6) is 0 Å². The highest BCUT2D eigenvalue weighted by Gasteiger charge is 2.31. The van der Waals surface area contributed by atoms with Gasteiger partial charge in [-0.25, -0.2) is 0 Å². The number of ether oxygens (including phenoxy) is 1. The summed E-state index contributed by atoms with van der Waals surface area (Å²) < 4.78 is 48.8. The Morgan fingerprint density at radius 1 is 1.23 bits per heavy atom. The molecule has 1 fully saturated rings. The number of rotatable bonds is 3. The summed E-state index contributed by atoms with van der Waals surface area (Å²) in [6.45, 7) is 0.766. The molecule has 8 nitrogen and oxygen atoms in total. The Balaban J connectivity index is 1.97. The highest BCUT2D eigenvalue weighted by atomic mass is 19.4. The largest absolute Gasteiger partial charge is 0.408 e. The first-order chi connectivity index (χ1) is 10.4. The molecule has 0 atom stereocenters. The van der Waals surface area contributed by atoms with E-state index in [9.17, 15) is 13.2 Å². The van der Waals surface area contributed by atoms with Crippen molar-refractivity contribution in [2.75, 3.05) is 36.9 Å². The van der Waals surface area contributed by atoms with Gasteiger partial charge in [-0.2, -0.15) is 18.3 Å². The lowest BCUT2D eigenvalue weighted by molar-refractivity contribution is -0.142. The SMILES string of the molecule is Nc1nnc(-c2cn(CC(F)(F)F)nc2N2CCOCC2)o1. The van der Waals surface area contributed by atoms with Crippen molar-refractivity contribution in [2.45, 2.75) is 12.7 Å². The molecule has 0 aliphatic carbocycles. The van der Waals surface area contributed by atoms with Crippen molar-refractivity contribution < 1.29 is 22.3 Å². The van der Waals surface area contributed by atoms with Crippen molar-refractivity contribution in [1.29, 1.82) is 0 Å². The van der Waals surface area contributed by atoms with E-state index in [1.54, 1.807) is 0 Å². The molecule has 1 aliphatic rings. The summed E-state index contributed by atoms with van der Waals surface area (Å²) in [6.07, 6.45) is -3.15. The van der Waals surface area contributed by atoms with Crippen LogP contribution in [-0.2, 0) is 11.3 Å². The van der Waals surface area contributed by atoms with Gasteiger partial charge in [0.2, 0.25) is 0 Å². The maximum absolute atomic E-state index is 12.6. The summed E-state index contributed by atoms with van der Waals surface area (Å²) in [5.74, 6) is 0.378. The monoisotopic (exact) mass is 318 g/mol.